The zero-order valence-electron chi connectivity index (χ0n) is 21.6. The second kappa shape index (κ2) is 16.0. The van der Waals surface area contributed by atoms with Gasteiger partial charge in [-0.25, -0.2) is 4.39 Å². The number of hydrogen-bond acceptors (Lipinski definition) is 6. The summed E-state index contributed by atoms with van der Waals surface area (Å²) in [6.45, 7) is -1.00. The summed E-state index contributed by atoms with van der Waals surface area (Å²) in [5.74, 6) is -1.24. The number of pyridine rings is 1. The minimum absolute atomic E-state index is 0. The zero-order valence-corrected chi connectivity index (χ0v) is 23.8. The molecule has 0 saturated carbocycles. The van der Waals surface area contributed by atoms with Crippen molar-refractivity contribution < 1.29 is 137 Å². The number of aromatic nitrogens is 1. The molecule has 0 fully saturated rings. The minimum Gasteiger partial charge on any atom is -1.00 e. The summed E-state index contributed by atoms with van der Waals surface area (Å²) in [6, 6.07) is 10.7. The van der Waals surface area contributed by atoms with Crippen LogP contribution in [0.3, 0.4) is 0 Å². The number of H-pyrrole nitrogens is 1. The van der Waals surface area contributed by atoms with Gasteiger partial charge in [-0.05, 0) is 61.3 Å². The van der Waals surface area contributed by atoms with E-state index in [1.54, 1.807) is 19.1 Å². The Bertz CT molecular complexity index is 1210. The van der Waals surface area contributed by atoms with E-state index in [1.807, 2.05) is 0 Å². The molecule has 11 heteroatoms. The van der Waals surface area contributed by atoms with Crippen LogP contribution >= 0.6 is 0 Å². The summed E-state index contributed by atoms with van der Waals surface area (Å²) in [6.07, 6.45) is 1.39. The second-order valence-corrected chi connectivity index (χ2v) is 5.83. The van der Waals surface area contributed by atoms with E-state index in [9.17, 15) is 14.0 Å². The number of nitrogens with one attached hydrogen (secondary N) is 2. The molecule has 2 N–H and O–H groups in total. The number of anilines is 1. The summed E-state index contributed by atoms with van der Waals surface area (Å²) in [7, 11) is 0. The Balaban J connectivity index is 0. The van der Waals surface area contributed by atoms with Crippen LogP contribution in [0.2, 0.25) is 0 Å². The molecule has 0 unspecified atom stereocenters. The van der Waals surface area contributed by atoms with Gasteiger partial charge in [0, 0.05) is 22.1 Å². The molecule has 0 aliphatic rings. The molecule has 32 heavy (non-hydrogen) atoms. The third kappa shape index (κ3) is 10.1. The van der Waals surface area contributed by atoms with Gasteiger partial charge in [-0.2, -0.15) is 0 Å². The van der Waals surface area contributed by atoms with E-state index < -0.39 is 18.6 Å². The number of hydrogen-bond donors (Lipinski definition) is 2. The minimum atomic E-state index is -2.60. The monoisotopic (exact) mass is 495 g/mol. The molecule has 2 aromatic carbocycles. The number of ether oxygens (including phenoxy) is 1. The number of halogens is 1. The van der Waals surface area contributed by atoms with E-state index in [4.69, 9.17) is 18.9 Å². The van der Waals surface area contributed by atoms with Crippen LogP contribution in [0.25, 0.3) is 0 Å². The summed E-state index contributed by atoms with van der Waals surface area (Å²) in [5, 5.41) is 11.0. The van der Waals surface area contributed by atoms with Gasteiger partial charge in [-0.15, -0.1) is 0 Å². The fourth-order valence-electron chi connectivity index (χ4n) is 2.33. The molecular weight excluding hydrogens is 473 g/mol. The number of aromatic amines is 1. The Hall–Kier alpha value is -0.707. The molecule has 0 atom stereocenters. The summed E-state index contributed by atoms with van der Waals surface area (Å²) >= 11 is 0. The Kier molecular flexibility index (Phi) is 13.0. The van der Waals surface area contributed by atoms with Crippen molar-refractivity contribution in [2.45, 2.75) is 13.8 Å². The van der Waals surface area contributed by atoms with Gasteiger partial charge in [0.25, 0.3) is 12.4 Å². The molecule has 1 heterocycles. The third-order valence-electron chi connectivity index (χ3n) is 3.62. The third-order valence-corrected chi connectivity index (χ3v) is 3.62. The smallest absolute Gasteiger partial charge is 1.00 e. The van der Waals surface area contributed by atoms with Gasteiger partial charge in [0.2, 0.25) is 5.56 Å². The van der Waals surface area contributed by atoms with Crippen LogP contribution in [0.4, 0.5) is 10.1 Å². The van der Waals surface area contributed by atoms with Crippen LogP contribution in [-0.4, -0.2) is 17.4 Å². The van der Waals surface area contributed by atoms with Gasteiger partial charge in [-0.3, -0.25) is 14.4 Å². The Morgan fingerprint density at radius 1 is 1.19 bits per heavy atom. The Morgan fingerprint density at radius 3 is 2.53 bits per heavy atom. The van der Waals surface area contributed by atoms with Gasteiger partial charge in [0.05, 0.1) is 5.56 Å². The summed E-state index contributed by atoms with van der Waals surface area (Å²) in [5.41, 5.74) is 0.494. The van der Waals surface area contributed by atoms with Crippen molar-refractivity contribution in [2.75, 3.05) is 5.32 Å². The van der Waals surface area contributed by atoms with Crippen molar-refractivity contribution in [3.8, 4) is 11.5 Å². The molecule has 0 radical (unpaired) electrons. The number of carbonyl (C=O) groups excluding carboxylic acids is 2. The van der Waals surface area contributed by atoms with Gasteiger partial charge in [-0.1, -0.05) is 6.07 Å². The quantitative estimate of drug-likeness (QED) is 0.166. The first-order valence-electron chi connectivity index (χ1n) is 9.86. The number of benzene rings is 2. The van der Waals surface area contributed by atoms with Gasteiger partial charge in [0.1, 0.15) is 17.3 Å². The van der Waals surface area contributed by atoms with E-state index in [0.29, 0.717) is 0 Å². The van der Waals surface area contributed by atoms with Crippen LogP contribution in [0.15, 0.2) is 59.5 Å². The largest absolute Gasteiger partial charge is 1.00 e. The van der Waals surface area contributed by atoms with Crippen LogP contribution in [0, 0.1) is 19.6 Å². The average Bonchev–Trinajstić information content (AvgIpc) is 2.74. The Labute approximate surface area is 274 Å². The summed E-state index contributed by atoms with van der Waals surface area (Å²) < 4.78 is 42.1. The van der Waals surface area contributed by atoms with Gasteiger partial charge in [0.15, 0.2) is 0 Å². The molecular formula is C21H19FK2N2O6. The number of amides is 1. The van der Waals surface area contributed by atoms with E-state index in [0.717, 1.165) is 17.7 Å². The van der Waals surface area contributed by atoms with E-state index in [1.165, 1.54) is 30.5 Å². The predicted octanol–water partition coefficient (Wildman–Crippen LogP) is -3.27. The molecule has 158 valence electrons. The van der Waals surface area contributed by atoms with E-state index >= 15 is 0 Å². The van der Waals surface area contributed by atoms with Crippen molar-refractivity contribution in [3.05, 3.63) is 87.6 Å². The molecule has 1 amide bonds. The predicted molar refractivity (Wildman–Crippen MR) is 106 cm³/mol. The maximum absolute atomic E-state index is 13.6. The normalized spacial score (nSPS) is 10.9. The van der Waals surface area contributed by atoms with Crippen molar-refractivity contribution in [2.24, 2.45) is 0 Å². The molecule has 0 spiro atoms. The molecule has 0 aliphatic carbocycles. The first-order chi connectivity index (χ1) is 15.5. The number of aryl methyl sites for hydroxylation is 2. The zero-order chi connectivity index (χ0) is 24.6. The summed E-state index contributed by atoms with van der Waals surface area (Å²) in [4.78, 5) is 37.8. The molecule has 0 aliphatic heterocycles. The molecule has 3 aromatic rings. The van der Waals surface area contributed by atoms with E-state index in [2.05, 4.69) is 15.2 Å². The van der Waals surface area contributed by atoms with Gasteiger partial charge < -0.3 is 26.6 Å². The van der Waals surface area contributed by atoms with Crippen molar-refractivity contribution in [1.29, 1.82) is 0 Å². The molecule has 0 bridgehead atoms. The second-order valence-electron chi connectivity index (χ2n) is 5.83. The molecule has 8 nitrogen and oxygen atoms in total. The standard InChI is InChI=1S/C20H17FN2O3.CH2O3.2K.H/c1-12-3-5-16(20(25)23-15-7-8-22-19(24)11-15)18(9-12)26-17-6-4-14(21)10-13(17)2;2-1-4-3;;;/h3-11H,1-2H3,(H2,22,23,24,25);1,3H;;;/q;;2*+1;-1/p-1/i2D3;;;;. The first kappa shape index (κ1) is 25.9. The van der Waals surface area contributed by atoms with Crippen molar-refractivity contribution in [3.63, 3.8) is 0 Å². The molecule has 3 rings (SSSR count). The number of carbonyl (C=O) groups is 2. The topological polar surface area (TPSA) is 121 Å². The molecule has 0 saturated heterocycles. The van der Waals surface area contributed by atoms with E-state index in [-0.39, 0.29) is 145 Å². The first-order valence-corrected chi connectivity index (χ1v) is 8.36. The van der Waals surface area contributed by atoms with Crippen LogP contribution < -0.4 is 124 Å². The van der Waals surface area contributed by atoms with Crippen LogP contribution in [0.1, 0.15) is 27.0 Å². The van der Waals surface area contributed by atoms with Crippen molar-refractivity contribution in [1.82, 2.24) is 4.98 Å². The van der Waals surface area contributed by atoms with Gasteiger partial charge >= 0.3 is 103 Å². The Morgan fingerprint density at radius 2 is 1.91 bits per heavy atom. The number of rotatable bonds is 5. The fraction of sp³-hybridized carbons (Fsp3) is 0.0952. The molecule has 1 aromatic heterocycles. The maximum atomic E-state index is 13.6. The van der Waals surface area contributed by atoms with Crippen molar-refractivity contribution >= 4 is 18.1 Å². The average molecular weight is 496 g/mol. The SMILES string of the molecule is O=CO[O-].[2H]C([2H])([2H])c1cc(F)ccc1Oc1cc(C)ccc1C(=O)Nc1cc[nH]c(=O)c1.[H-].[K+].[K+]. The maximum Gasteiger partial charge on any atom is 1.00 e. The van der Waals surface area contributed by atoms with Crippen LogP contribution in [-0.2, 0) is 9.68 Å². The van der Waals surface area contributed by atoms with Crippen LogP contribution in [0.5, 0.6) is 11.5 Å². The fourth-order valence-corrected chi connectivity index (χ4v) is 2.33.